The van der Waals surface area contributed by atoms with Gasteiger partial charge >= 0.3 is 0 Å². The number of hydrogen-bond donors (Lipinski definition) is 2. The van der Waals surface area contributed by atoms with Crippen LogP contribution in [0.4, 0.5) is 5.69 Å². The quantitative estimate of drug-likeness (QED) is 0.607. The van der Waals surface area contributed by atoms with E-state index in [2.05, 4.69) is 18.6 Å². The number of rotatable bonds is 6. The highest BCUT2D eigenvalue weighted by Gasteiger charge is 2.58. The van der Waals surface area contributed by atoms with Crippen molar-refractivity contribution in [3.8, 4) is 0 Å². The molecule has 7 heteroatoms. The molecule has 0 radical (unpaired) electrons. The van der Waals surface area contributed by atoms with Crippen molar-refractivity contribution >= 4 is 16.7 Å². The van der Waals surface area contributed by atoms with Crippen molar-refractivity contribution in [2.24, 2.45) is 23.2 Å². The van der Waals surface area contributed by atoms with Crippen LogP contribution in [-0.2, 0) is 17.5 Å². The Kier molecular flexibility index (Phi) is 4.77. The van der Waals surface area contributed by atoms with Crippen LogP contribution in [0.15, 0.2) is 24.3 Å². The summed E-state index contributed by atoms with van der Waals surface area (Å²) in [5.41, 5.74) is 1.15. The van der Waals surface area contributed by atoms with E-state index in [-0.39, 0.29) is 28.9 Å². The lowest BCUT2D eigenvalue weighted by Crippen LogP contribution is -2.60. The fourth-order valence-corrected chi connectivity index (χ4v) is 5.91. The predicted molar refractivity (Wildman–Crippen MR) is 92.4 cm³/mol. The fourth-order valence-electron chi connectivity index (χ4n) is 4.39. The number of nitrogens with one attached hydrogen (secondary N) is 1. The molecule has 0 unspecified atom stereocenters. The van der Waals surface area contributed by atoms with Crippen molar-refractivity contribution in [1.29, 1.82) is 0 Å². The molecule has 0 aliphatic heterocycles. The van der Waals surface area contributed by atoms with Gasteiger partial charge in [0, 0.05) is 31.2 Å². The largest absolute Gasteiger partial charge is 0.396 e. The molecular weight excluding hydrogens is 328 g/mol. The van der Waals surface area contributed by atoms with Gasteiger partial charge in [-0.2, -0.15) is 0 Å². The van der Waals surface area contributed by atoms with E-state index >= 15 is 0 Å². The van der Waals surface area contributed by atoms with E-state index in [0.717, 1.165) is 18.4 Å². The van der Waals surface area contributed by atoms with E-state index in [1.54, 1.807) is 12.1 Å². The van der Waals surface area contributed by atoms with Gasteiger partial charge in [0.15, 0.2) is 0 Å². The van der Waals surface area contributed by atoms with Crippen LogP contribution in [-0.4, -0.2) is 26.1 Å². The zero-order valence-corrected chi connectivity index (χ0v) is 14.8. The normalized spacial score (nSPS) is 32.0. The summed E-state index contributed by atoms with van der Waals surface area (Å²) in [7, 11) is -1.22. The highest BCUT2D eigenvalue weighted by Crippen LogP contribution is 2.61. The number of nitro benzene ring substituents is 1. The highest BCUT2D eigenvalue weighted by molar-refractivity contribution is 7.83. The predicted octanol–water partition coefficient (Wildman–Crippen LogP) is 2.39. The van der Waals surface area contributed by atoms with Crippen molar-refractivity contribution < 1.29 is 14.2 Å². The number of hydrogen-bond acceptors (Lipinski definition) is 4. The maximum Gasteiger partial charge on any atom is 0.269 e. The number of nitrogens with zero attached hydrogens (tertiary/aromatic N) is 1. The first-order chi connectivity index (χ1) is 11.3. The SMILES string of the molecule is CC1(C)[C@H]2C[C@H]([S@](=O)NCc3ccc([N+](=O)[O-])cc3)[C@@H](CO)[C@@H]1C2. The molecule has 0 spiro atoms. The van der Waals surface area contributed by atoms with Crippen molar-refractivity contribution in [2.45, 2.75) is 38.5 Å². The topological polar surface area (TPSA) is 92.5 Å². The summed E-state index contributed by atoms with van der Waals surface area (Å²) < 4.78 is 15.7. The standard InChI is InChI=1S/C17H24N2O4S/c1-17(2)12-7-15(17)14(10-20)16(8-12)24(23)18-9-11-3-5-13(6-4-11)19(21)22/h3-6,12,14-16,18,20H,7-10H2,1-2H3/t12-,14+,15+,16+,24+/m1/s1. The van der Waals surface area contributed by atoms with Crippen LogP contribution < -0.4 is 4.72 Å². The lowest BCUT2D eigenvalue weighted by molar-refractivity contribution is -0.384. The summed E-state index contributed by atoms with van der Waals surface area (Å²) in [6.07, 6.45) is 2.02. The van der Waals surface area contributed by atoms with Gasteiger partial charge in [0.2, 0.25) is 0 Å². The number of aliphatic hydroxyl groups is 1. The van der Waals surface area contributed by atoms with E-state index in [1.807, 2.05) is 0 Å². The minimum absolute atomic E-state index is 0.0233. The van der Waals surface area contributed by atoms with Gasteiger partial charge in [0.25, 0.3) is 5.69 Å². The van der Waals surface area contributed by atoms with E-state index in [9.17, 15) is 19.4 Å². The Morgan fingerprint density at radius 1 is 1.33 bits per heavy atom. The third-order valence-corrected chi connectivity index (χ3v) is 7.63. The molecule has 0 heterocycles. The maximum absolute atomic E-state index is 12.7. The lowest BCUT2D eigenvalue weighted by Gasteiger charge is -2.62. The molecule has 5 atom stereocenters. The van der Waals surface area contributed by atoms with Crippen LogP contribution in [0.5, 0.6) is 0 Å². The minimum atomic E-state index is -1.22. The van der Waals surface area contributed by atoms with Crippen molar-refractivity contribution in [1.82, 2.24) is 4.72 Å². The summed E-state index contributed by atoms with van der Waals surface area (Å²) in [6, 6.07) is 6.25. The zero-order valence-electron chi connectivity index (χ0n) is 14.0. The summed E-state index contributed by atoms with van der Waals surface area (Å²) in [6.45, 7) is 4.98. The first-order valence-corrected chi connectivity index (χ1v) is 9.54. The number of aliphatic hydroxyl groups excluding tert-OH is 1. The second-order valence-corrected chi connectivity index (χ2v) is 9.01. The van der Waals surface area contributed by atoms with Gasteiger partial charge < -0.3 is 5.11 Å². The highest BCUT2D eigenvalue weighted by atomic mass is 32.2. The van der Waals surface area contributed by atoms with Gasteiger partial charge in [0.1, 0.15) is 0 Å². The van der Waals surface area contributed by atoms with Gasteiger partial charge in [-0.3, -0.25) is 10.1 Å². The smallest absolute Gasteiger partial charge is 0.269 e. The molecule has 3 fully saturated rings. The van der Waals surface area contributed by atoms with Crippen LogP contribution in [0.25, 0.3) is 0 Å². The van der Waals surface area contributed by atoms with E-state index in [0.29, 0.717) is 18.4 Å². The average molecular weight is 352 g/mol. The van der Waals surface area contributed by atoms with Crippen molar-refractivity contribution in [3.63, 3.8) is 0 Å². The Balaban J connectivity index is 1.60. The van der Waals surface area contributed by atoms with Crippen LogP contribution in [0.1, 0.15) is 32.3 Å². The van der Waals surface area contributed by atoms with Gasteiger partial charge in [-0.25, -0.2) is 8.93 Å². The molecule has 0 saturated heterocycles. The molecule has 6 nitrogen and oxygen atoms in total. The monoisotopic (exact) mass is 352 g/mol. The van der Waals surface area contributed by atoms with Crippen LogP contribution >= 0.6 is 0 Å². The Morgan fingerprint density at radius 2 is 2.00 bits per heavy atom. The maximum atomic E-state index is 12.7. The number of non-ortho nitro benzene ring substituents is 1. The molecule has 3 aliphatic rings. The third kappa shape index (κ3) is 3.00. The fraction of sp³-hybridized carbons (Fsp3) is 0.647. The van der Waals surface area contributed by atoms with Crippen LogP contribution in [0.3, 0.4) is 0 Å². The third-order valence-electron chi connectivity index (χ3n) is 6.11. The molecule has 4 rings (SSSR count). The van der Waals surface area contributed by atoms with Crippen molar-refractivity contribution in [3.05, 3.63) is 39.9 Å². The number of benzene rings is 1. The molecule has 24 heavy (non-hydrogen) atoms. The van der Waals surface area contributed by atoms with Crippen molar-refractivity contribution in [2.75, 3.05) is 6.61 Å². The van der Waals surface area contributed by atoms with E-state index < -0.39 is 15.9 Å². The van der Waals surface area contributed by atoms with Gasteiger partial charge in [-0.15, -0.1) is 0 Å². The Morgan fingerprint density at radius 3 is 2.54 bits per heavy atom. The average Bonchev–Trinajstić information content (AvgIpc) is 2.59. The van der Waals surface area contributed by atoms with E-state index in [4.69, 9.17) is 0 Å². The molecule has 3 aliphatic carbocycles. The molecule has 132 valence electrons. The first-order valence-electron chi connectivity index (χ1n) is 8.33. The Hall–Kier alpha value is -1.31. The molecular formula is C17H24N2O4S. The van der Waals surface area contributed by atoms with Crippen LogP contribution in [0.2, 0.25) is 0 Å². The summed E-state index contributed by atoms with van der Waals surface area (Å²) in [5, 5.41) is 20.4. The van der Waals surface area contributed by atoms with Gasteiger partial charge in [0.05, 0.1) is 21.2 Å². The first kappa shape index (κ1) is 17.5. The molecule has 0 aromatic heterocycles. The molecule has 1 aromatic rings. The minimum Gasteiger partial charge on any atom is -0.396 e. The second kappa shape index (κ2) is 6.54. The number of nitro groups is 1. The van der Waals surface area contributed by atoms with Gasteiger partial charge in [-0.05, 0) is 35.7 Å². The summed E-state index contributed by atoms with van der Waals surface area (Å²) in [4.78, 5) is 10.2. The van der Waals surface area contributed by atoms with Crippen LogP contribution in [0, 0.1) is 33.3 Å². The second-order valence-electron chi connectivity index (χ2n) is 7.52. The molecule has 2 N–H and O–H groups in total. The lowest BCUT2D eigenvalue weighted by atomic mass is 9.45. The molecule has 1 aromatic carbocycles. The summed E-state index contributed by atoms with van der Waals surface area (Å²) >= 11 is 0. The molecule has 2 bridgehead atoms. The van der Waals surface area contributed by atoms with Gasteiger partial charge in [-0.1, -0.05) is 26.0 Å². The molecule has 3 saturated carbocycles. The Bertz CT molecular complexity index is 646. The zero-order chi connectivity index (χ0) is 17.5. The Labute approximate surface area is 144 Å². The molecule has 0 amide bonds. The van der Waals surface area contributed by atoms with E-state index in [1.165, 1.54) is 12.1 Å². The summed E-state index contributed by atoms with van der Waals surface area (Å²) in [5.74, 6) is 1.10. The number of fused-ring (bicyclic) bond motifs is 2.